The van der Waals surface area contributed by atoms with E-state index in [1.807, 2.05) is 36.4 Å². The van der Waals surface area contributed by atoms with Crippen molar-refractivity contribution >= 4 is 33.5 Å². The molecule has 0 atom stereocenters. The van der Waals surface area contributed by atoms with Gasteiger partial charge in [0.25, 0.3) is 0 Å². The van der Waals surface area contributed by atoms with Crippen molar-refractivity contribution in [1.82, 2.24) is 35.1 Å². The van der Waals surface area contributed by atoms with Crippen LogP contribution in [-0.2, 0) is 4.79 Å². The first-order valence-electron chi connectivity index (χ1n) is 13.7. The van der Waals surface area contributed by atoms with Gasteiger partial charge in [-0.25, -0.2) is 4.98 Å². The molecule has 1 aliphatic rings. The summed E-state index contributed by atoms with van der Waals surface area (Å²) in [5, 5.41) is 11.6. The number of benzene rings is 1. The van der Waals surface area contributed by atoms with Crippen LogP contribution >= 0.6 is 0 Å². The second-order valence-corrected chi connectivity index (χ2v) is 10.4. The van der Waals surface area contributed by atoms with Crippen LogP contribution in [0.2, 0.25) is 0 Å². The third kappa shape index (κ3) is 4.70. The third-order valence-corrected chi connectivity index (χ3v) is 7.69. The Morgan fingerprint density at radius 2 is 1.80 bits per heavy atom. The Balaban J connectivity index is 1.19. The van der Waals surface area contributed by atoms with E-state index in [1.165, 1.54) is 19.3 Å². The number of anilines is 1. The van der Waals surface area contributed by atoms with Gasteiger partial charge < -0.3 is 10.3 Å². The van der Waals surface area contributed by atoms with E-state index in [0.29, 0.717) is 29.5 Å². The first-order chi connectivity index (χ1) is 19.7. The van der Waals surface area contributed by atoms with Crippen molar-refractivity contribution < 1.29 is 4.79 Å². The standard InChI is InChI=1S/C31H28N8O/c40-28(13-19-5-2-1-3-6-19)35-22-14-21(16-33-17-22)26-15-24-27(18-34-26)38-39-30(24)31-36-25-8-4-7-23(29(25)37-31)20-9-11-32-12-10-20/h4,7-12,14-19H,1-3,5-6,13H2,(H,35,40)(H,36,37)(H,38,39). The number of aromatic nitrogens is 7. The van der Waals surface area contributed by atoms with Crippen LogP contribution in [0.25, 0.3) is 55.8 Å². The zero-order valence-corrected chi connectivity index (χ0v) is 21.9. The molecule has 6 aromatic rings. The van der Waals surface area contributed by atoms with Gasteiger partial charge >= 0.3 is 0 Å². The maximum atomic E-state index is 12.7. The van der Waals surface area contributed by atoms with E-state index in [4.69, 9.17) is 4.98 Å². The Hall–Kier alpha value is -4.92. The maximum Gasteiger partial charge on any atom is 0.224 e. The van der Waals surface area contributed by atoms with Crippen molar-refractivity contribution in [2.24, 2.45) is 5.92 Å². The number of H-pyrrole nitrogens is 2. The lowest BCUT2D eigenvalue weighted by atomic mass is 9.87. The predicted octanol–water partition coefficient (Wildman–Crippen LogP) is 6.53. The van der Waals surface area contributed by atoms with E-state index >= 15 is 0 Å². The van der Waals surface area contributed by atoms with Crippen molar-refractivity contribution in [1.29, 1.82) is 0 Å². The Morgan fingerprint density at radius 3 is 2.67 bits per heavy atom. The highest BCUT2D eigenvalue weighted by atomic mass is 16.1. The fourth-order valence-corrected chi connectivity index (χ4v) is 5.68. The number of para-hydroxylation sites is 1. The van der Waals surface area contributed by atoms with Crippen LogP contribution < -0.4 is 5.32 Å². The number of rotatable bonds is 6. The molecule has 0 saturated heterocycles. The number of carbonyl (C=O) groups is 1. The normalized spacial score (nSPS) is 14.1. The summed E-state index contributed by atoms with van der Waals surface area (Å²) in [6.07, 6.45) is 15.3. The fourth-order valence-electron chi connectivity index (χ4n) is 5.68. The number of pyridine rings is 3. The molecule has 0 unspecified atom stereocenters. The highest BCUT2D eigenvalue weighted by molar-refractivity contribution is 5.98. The van der Waals surface area contributed by atoms with Gasteiger partial charge in [-0.05, 0) is 54.7 Å². The van der Waals surface area contributed by atoms with Gasteiger partial charge in [0.05, 0.1) is 40.3 Å². The lowest BCUT2D eigenvalue weighted by Crippen LogP contribution is -2.18. The summed E-state index contributed by atoms with van der Waals surface area (Å²) in [5.41, 5.74) is 7.61. The number of nitrogens with zero attached hydrogens (tertiary/aromatic N) is 5. The summed E-state index contributed by atoms with van der Waals surface area (Å²) < 4.78 is 0. The highest BCUT2D eigenvalue weighted by Gasteiger charge is 2.18. The van der Waals surface area contributed by atoms with E-state index in [2.05, 4.69) is 41.5 Å². The lowest BCUT2D eigenvalue weighted by molar-refractivity contribution is -0.117. The van der Waals surface area contributed by atoms with Crippen LogP contribution in [0, 0.1) is 5.92 Å². The van der Waals surface area contributed by atoms with E-state index in [1.54, 1.807) is 31.0 Å². The second kappa shape index (κ2) is 10.3. The molecular formula is C31H28N8O. The first kappa shape index (κ1) is 24.1. The summed E-state index contributed by atoms with van der Waals surface area (Å²) in [4.78, 5) is 34.2. The van der Waals surface area contributed by atoms with Crippen LogP contribution in [0.15, 0.2) is 73.4 Å². The van der Waals surface area contributed by atoms with E-state index in [9.17, 15) is 4.79 Å². The number of fused-ring (bicyclic) bond motifs is 2. The highest BCUT2D eigenvalue weighted by Crippen LogP contribution is 2.33. The first-order valence-corrected chi connectivity index (χ1v) is 13.7. The van der Waals surface area contributed by atoms with Gasteiger partial charge in [-0.2, -0.15) is 5.10 Å². The van der Waals surface area contributed by atoms with Gasteiger partial charge in [0.2, 0.25) is 5.91 Å². The molecule has 40 heavy (non-hydrogen) atoms. The molecule has 1 aliphatic carbocycles. The molecule has 1 fully saturated rings. The monoisotopic (exact) mass is 528 g/mol. The summed E-state index contributed by atoms with van der Waals surface area (Å²) in [6.45, 7) is 0. The molecule has 1 saturated carbocycles. The third-order valence-electron chi connectivity index (χ3n) is 7.69. The molecule has 0 bridgehead atoms. The summed E-state index contributed by atoms with van der Waals surface area (Å²) >= 11 is 0. The molecule has 0 spiro atoms. The van der Waals surface area contributed by atoms with Crippen LogP contribution in [0.4, 0.5) is 5.69 Å². The smallest absolute Gasteiger partial charge is 0.224 e. The Kier molecular flexibility index (Phi) is 6.24. The van der Waals surface area contributed by atoms with E-state index in [-0.39, 0.29) is 5.91 Å². The number of carbonyl (C=O) groups excluding carboxylic acids is 1. The largest absolute Gasteiger partial charge is 0.337 e. The molecule has 3 N–H and O–H groups in total. The van der Waals surface area contributed by atoms with Gasteiger partial charge in [0.15, 0.2) is 5.82 Å². The maximum absolute atomic E-state index is 12.7. The molecule has 198 valence electrons. The van der Waals surface area contributed by atoms with Crippen LogP contribution in [0.1, 0.15) is 38.5 Å². The molecule has 7 rings (SSSR count). The van der Waals surface area contributed by atoms with Gasteiger partial charge in [-0.3, -0.25) is 24.8 Å². The minimum absolute atomic E-state index is 0.0439. The predicted molar refractivity (Wildman–Crippen MR) is 155 cm³/mol. The Bertz CT molecular complexity index is 1820. The molecule has 0 aliphatic heterocycles. The molecule has 1 amide bonds. The molecule has 5 heterocycles. The second-order valence-electron chi connectivity index (χ2n) is 10.4. The van der Waals surface area contributed by atoms with Gasteiger partial charge in [-0.15, -0.1) is 0 Å². The molecule has 5 aromatic heterocycles. The van der Waals surface area contributed by atoms with E-state index < -0.39 is 0 Å². The average Bonchev–Trinajstić information content (AvgIpc) is 3.62. The van der Waals surface area contributed by atoms with Gasteiger partial charge in [-0.1, -0.05) is 31.4 Å². The quantitative estimate of drug-likeness (QED) is 0.226. The molecule has 9 heteroatoms. The zero-order valence-electron chi connectivity index (χ0n) is 21.9. The van der Waals surface area contributed by atoms with Crippen molar-refractivity contribution in [3.63, 3.8) is 0 Å². The van der Waals surface area contributed by atoms with Crippen LogP contribution in [-0.4, -0.2) is 41.0 Å². The van der Waals surface area contributed by atoms with Crippen molar-refractivity contribution in [2.75, 3.05) is 5.32 Å². The van der Waals surface area contributed by atoms with Gasteiger partial charge in [0.1, 0.15) is 5.69 Å². The SMILES string of the molecule is O=C(CC1CCCCC1)Nc1cncc(-c2cc3c(-c4nc5c(-c6ccncc6)cccc5[nH]4)n[nH]c3cn2)c1. The number of nitrogens with one attached hydrogen (secondary N) is 3. The number of hydrogen-bond donors (Lipinski definition) is 3. The molecule has 9 nitrogen and oxygen atoms in total. The van der Waals surface area contributed by atoms with Crippen molar-refractivity contribution in [3.8, 4) is 33.9 Å². The number of imidazole rings is 1. The molecular weight excluding hydrogens is 500 g/mol. The minimum atomic E-state index is 0.0439. The Labute approximate surface area is 230 Å². The minimum Gasteiger partial charge on any atom is -0.337 e. The fraction of sp³-hybridized carbons (Fsp3) is 0.226. The number of amides is 1. The topological polar surface area (TPSA) is 125 Å². The summed E-state index contributed by atoms with van der Waals surface area (Å²) in [5.74, 6) is 1.19. The van der Waals surface area contributed by atoms with Crippen molar-refractivity contribution in [3.05, 3.63) is 73.4 Å². The molecule has 0 radical (unpaired) electrons. The summed E-state index contributed by atoms with van der Waals surface area (Å²) in [7, 11) is 0. The van der Waals surface area contributed by atoms with Crippen molar-refractivity contribution in [2.45, 2.75) is 38.5 Å². The van der Waals surface area contributed by atoms with E-state index in [0.717, 1.165) is 57.2 Å². The Morgan fingerprint density at radius 1 is 0.925 bits per heavy atom. The number of hydrogen-bond acceptors (Lipinski definition) is 6. The molecule has 1 aromatic carbocycles. The van der Waals surface area contributed by atoms with Crippen LogP contribution in [0.5, 0.6) is 0 Å². The zero-order chi connectivity index (χ0) is 26.9. The van der Waals surface area contributed by atoms with Gasteiger partial charge in [0, 0.05) is 41.5 Å². The number of aromatic amines is 2. The summed E-state index contributed by atoms with van der Waals surface area (Å²) in [6, 6.07) is 13.9. The average molecular weight is 529 g/mol. The van der Waals surface area contributed by atoms with Crippen LogP contribution in [0.3, 0.4) is 0 Å². The lowest BCUT2D eigenvalue weighted by Gasteiger charge is -2.20.